The third kappa shape index (κ3) is 5.40. The van der Waals surface area contributed by atoms with E-state index >= 15 is 0 Å². The highest BCUT2D eigenvalue weighted by molar-refractivity contribution is 8.00. The monoisotopic (exact) mass is 374 g/mol. The highest BCUT2D eigenvalue weighted by atomic mass is 32.2. The number of thioether (sulfide) groups is 1. The Morgan fingerprint density at radius 3 is 2.77 bits per heavy atom. The number of carbonyl (C=O) groups is 1. The topological polar surface area (TPSA) is 56.7 Å². The van der Waals surface area contributed by atoms with Crippen molar-refractivity contribution in [2.24, 2.45) is 4.99 Å². The van der Waals surface area contributed by atoms with Crippen LogP contribution in [0.1, 0.15) is 44.6 Å². The number of carbonyl (C=O) groups excluding carboxylic acids is 1. The highest BCUT2D eigenvalue weighted by Gasteiger charge is 2.19. The van der Waals surface area contributed by atoms with E-state index in [4.69, 9.17) is 4.99 Å². The molecule has 2 N–H and O–H groups in total. The van der Waals surface area contributed by atoms with Crippen LogP contribution in [-0.2, 0) is 11.3 Å². The molecule has 3 rings (SSSR count). The van der Waals surface area contributed by atoms with Crippen LogP contribution in [0.3, 0.4) is 0 Å². The van der Waals surface area contributed by atoms with Crippen LogP contribution in [0.5, 0.6) is 0 Å². The summed E-state index contributed by atoms with van der Waals surface area (Å²) in [6.45, 7) is 5.41. The van der Waals surface area contributed by atoms with Gasteiger partial charge in [0.1, 0.15) is 0 Å². The Labute approximate surface area is 161 Å². The molecule has 1 aromatic rings. The maximum atomic E-state index is 12.0. The maximum Gasteiger partial charge on any atom is 0.226 e. The summed E-state index contributed by atoms with van der Waals surface area (Å²) in [4.78, 5) is 18.6. The molecule has 142 valence electrons. The van der Waals surface area contributed by atoms with Crippen LogP contribution in [0.25, 0.3) is 0 Å². The first-order chi connectivity index (χ1) is 12.8. The van der Waals surface area contributed by atoms with Gasteiger partial charge in [0.2, 0.25) is 5.91 Å². The second-order valence-electron chi connectivity index (χ2n) is 6.88. The number of anilines is 1. The minimum Gasteiger partial charge on any atom is -0.357 e. The number of guanidine groups is 1. The predicted molar refractivity (Wildman–Crippen MR) is 111 cm³/mol. The molecule has 6 heteroatoms. The van der Waals surface area contributed by atoms with E-state index < -0.39 is 0 Å². The van der Waals surface area contributed by atoms with Gasteiger partial charge in [-0.1, -0.05) is 12.1 Å². The Hall–Kier alpha value is -1.69. The van der Waals surface area contributed by atoms with E-state index in [2.05, 4.69) is 41.5 Å². The number of amides is 1. The van der Waals surface area contributed by atoms with Crippen molar-refractivity contribution in [2.45, 2.75) is 50.8 Å². The van der Waals surface area contributed by atoms with Gasteiger partial charge in [0.25, 0.3) is 0 Å². The van der Waals surface area contributed by atoms with Crippen molar-refractivity contribution in [2.75, 3.05) is 30.3 Å². The smallest absolute Gasteiger partial charge is 0.226 e. The van der Waals surface area contributed by atoms with Gasteiger partial charge < -0.3 is 15.5 Å². The standard InChI is InChI=1S/C20H30N4OS/c1-2-21-20(23-15-18-6-5-13-26-18)22-14-16-8-10-17(11-9-16)24-12-4-3-7-19(24)25/h8-11,18H,2-7,12-15H2,1H3,(H2,21,22,23). The average molecular weight is 375 g/mol. The first kappa shape index (κ1) is 19.1. The van der Waals surface area contributed by atoms with Crippen molar-refractivity contribution < 1.29 is 4.79 Å². The van der Waals surface area contributed by atoms with Crippen LogP contribution in [0, 0.1) is 0 Å². The molecule has 0 bridgehead atoms. The van der Waals surface area contributed by atoms with Gasteiger partial charge in [-0.3, -0.25) is 4.79 Å². The van der Waals surface area contributed by atoms with Gasteiger partial charge in [0.05, 0.1) is 6.54 Å². The number of aliphatic imine (C=N–C) groups is 1. The maximum absolute atomic E-state index is 12.0. The van der Waals surface area contributed by atoms with Crippen LogP contribution < -0.4 is 15.5 Å². The number of rotatable bonds is 6. The van der Waals surface area contributed by atoms with Gasteiger partial charge >= 0.3 is 0 Å². The van der Waals surface area contributed by atoms with E-state index in [-0.39, 0.29) is 5.91 Å². The van der Waals surface area contributed by atoms with Gasteiger partial charge in [0, 0.05) is 37.0 Å². The molecule has 0 aliphatic carbocycles. The molecule has 0 radical (unpaired) electrons. The van der Waals surface area contributed by atoms with Crippen molar-refractivity contribution in [3.8, 4) is 0 Å². The van der Waals surface area contributed by atoms with E-state index in [9.17, 15) is 4.79 Å². The largest absolute Gasteiger partial charge is 0.357 e. The number of hydrogen-bond donors (Lipinski definition) is 2. The molecular formula is C20H30N4OS. The number of piperidine rings is 1. The minimum absolute atomic E-state index is 0.241. The Bertz CT molecular complexity index is 611. The first-order valence-corrected chi connectivity index (χ1v) is 10.8. The van der Waals surface area contributed by atoms with Gasteiger partial charge in [-0.05, 0) is 56.1 Å². The Kier molecular flexibility index (Phi) is 7.23. The van der Waals surface area contributed by atoms with E-state index in [1.54, 1.807) is 0 Å². The zero-order valence-electron chi connectivity index (χ0n) is 15.7. The Balaban J connectivity index is 1.55. The van der Waals surface area contributed by atoms with Crippen LogP contribution in [0.2, 0.25) is 0 Å². The Morgan fingerprint density at radius 1 is 1.23 bits per heavy atom. The molecule has 0 saturated carbocycles. The number of nitrogens with one attached hydrogen (secondary N) is 2. The van der Waals surface area contributed by atoms with Crippen molar-refractivity contribution in [3.63, 3.8) is 0 Å². The summed E-state index contributed by atoms with van der Waals surface area (Å²) in [5.74, 6) is 2.41. The minimum atomic E-state index is 0.241. The van der Waals surface area contributed by atoms with E-state index in [0.717, 1.165) is 49.7 Å². The summed E-state index contributed by atoms with van der Waals surface area (Å²) in [5.41, 5.74) is 2.16. The molecule has 2 aliphatic rings. The summed E-state index contributed by atoms with van der Waals surface area (Å²) >= 11 is 2.05. The lowest BCUT2D eigenvalue weighted by molar-refractivity contribution is -0.119. The lowest BCUT2D eigenvalue weighted by atomic mass is 10.1. The molecule has 2 aliphatic heterocycles. The normalized spacial score (nSPS) is 21.1. The van der Waals surface area contributed by atoms with Crippen molar-refractivity contribution in [1.82, 2.24) is 10.6 Å². The molecule has 0 aromatic heterocycles. The molecular weight excluding hydrogens is 344 g/mol. The predicted octanol–water partition coefficient (Wildman–Crippen LogP) is 3.15. The third-order valence-corrected chi connectivity index (χ3v) is 6.25. The van der Waals surface area contributed by atoms with Crippen molar-refractivity contribution >= 4 is 29.3 Å². The molecule has 2 saturated heterocycles. The van der Waals surface area contributed by atoms with Crippen LogP contribution in [0.15, 0.2) is 29.3 Å². The van der Waals surface area contributed by atoms with Gasteiger partial charge in [-0.2, -0.15) is 11.8 Å². The molecule has 1 unspecified atom stereocenters. The molecule has 2 fully saturated rings. The lowest BCUT2D eigenvalue weighted by Crippen LogP contribution is -2.40. The van der Waals surface area contributed by atoms with Gasteiger partial charge in [-0.15, -0.1) is 0 Å². The second kappa shape index (κ2) is 9.86. The quantitative estimate of drug-likeness (QED) is 0.593. The Morgan fingerprint density at radius 2 is 2.08 bits per heavy atom. The highest BCUT2D eigenvalue weighted by Crippen LogP contribution is 2.25. The summed E-state index contributed by atoms with van der Waals surface area (Å²) < 4.78 is 0. The average Bonchev–Trinajstić information content (AvgIpc) is 3.19. The number of nitrogens with zero attached hydrogens (tertiary/aromatic N) is 2. The van der Waals surface area contributed by atoms with Crippen molar-refractivity contribution in [3.05, 3.63) is 29.8 Å². The molecule has 1 atom stereocenters. The zero-order chi connectivity index (χ0) is 18.2. The van der Waals surface area contributed by atoms with Gasteiger partial charge in [-0.25, -0.2) is 4.99 Å². The zero-order valence-corrected chi connectivity index (χ0v) is 16.5. The second-order valence-corrected chi connectivity index (χ2v) is 8.29. The fourth-order valence-corrected chi connectivity index (χ4v) is 4.59. The molecule has 1 aromatic carbocycles. The van der Waals surface area contributed by atoms with Crippen molar-refractivity contribution in [1.29, 1.82) is 0 Å². The fraction of sp³-hybridized carbons (Fsp3) is 0.600. The molecule has 1 amide bonds. The summed E-state index contributed by atoms with van der Waals surface area (Å²) in [7, 11) is 0. The van der Waals surface area contributed by atoms with E-state index in [0.29, 0.717) is 18.2 Å². The number of hydrogen-bond acceptors (Lipinski definition) is 3. The van der Waals surface area contributed by atoms with Crippen LogP contribution >= 0.6 is 11.8 Å². The number of benzene rings is 1. The SMILES string of the molecule is CCNC(=NCc1ccc(N2CCCCC2=O)cc1)NCC1CCCS1. The van der Waals surface area contributed by atoms with Crippen LogP contribution in [0.4, 0.5) is 5.69 Å². The summed E-state index contributed by atoms with van der Waals surface area (Å²) in [5, 5.41) is 7.50. The summed E-state index contributed by atoms with van der Waals surface area (Å²) in [6.07, 6.45) is 5.41. The molecule has 0 spiro atoms. The van der Waals surface area contributed by atoms with E-state index in [1.807, 2.05) is 17.0 Å². The summed E-state index contributed by atoms with van der Waals surface area (Å²) in [6, 6.07) is 8.25. The van der Waals surface area contributed by atoms with Gasteiger partial charge in [0.15, 0.2) is 5.96 Å². The third-order valence-electron chi connectivity index (χ3n) is 4.86. The van der Waals surface area contributed by atoms with E-state index in [1.165, 1.54) is 18.6 Å². The van der Waals surface area contributed by atoms with Crippen LogP contribution in [-0.4, -0.2) is 42.5 Å². The molecule has 2 heterocycles. The molecule has 26 heavy (non-hydrogen) atoms. The molecule has 5 nitrogen and oxygen atoms in total. The fourth-order valence-electron chi connectivity index (χ4n) is 3.39. The first-order valence-electron chi connectivity index (χ1n) is 9.79. The lowest BCUT2D eigenvalue weighted by Gasteiger charge is -2.26.